The van der Waals surface area contributed by atoms with Crippen molar-refractivity contribution in [3.63, 3.8) is 0 Å². The van der Waals surface area contributed by atoms with Crippen LogP contribution in [0.3, 0.4) is 0 Å². The number of fused-ring (bicyclic) bond motifs is 1. The fourth-order valence-electron chi connectivity index (χ4n) is 2.12. The average Bonchev–Trinajstić information content (AvgIpc) is 2.61. The molecule has 1 N–H and O–H groups in total. The Hall–Kier alpha value is -3.21. The first-order valence-corrected chi connectivity index (χ1v) is 7.09. The smallest absolute Gasteiger partial charge is 0.337 e. The van der Waals surface area contributed by atoms with E-state index < -0.39 is 0 Å². The molecular formula is C18H15N3O2. The minimum absolute atomic E-state index is 0.355. The molecule has 0 saturated heterocycles. The van der Waals surface area contributed by atoms with Crippen LogP contribution < -0.4 is 5.43 Å². The van der Waals surface area contributed by atoms with Crippen molar-refractivity contribution in [3.05, 3.63) is 71.8 Å². The van der Waals surface area contributed by atoms with Crippen LogP contribution in [-0.4, -0.2) is 24.3 Å². The van der Waals surface area contributed by atoms with Crippen LogP contribution >= 0.6 is 0 Å². The number of hydrogen-bond donors (Lipinski definition) is 1. The number of carbonyl (C=O) groups is 1. The predicted octanol–water partition coefficient (Wildman–Crippen LogP) is 3.47. The molecule has 0 saturated carbocycles. The van der Waals surface area contributed by atoms with Gasteiger partial charge in [-0.25, -0.2) is 9.78 Å². The number of para-hydroxylation sites is 1. The summed E-state index contributed by atoms with van der Waals surface area (Å²) >= 11 is 0. The highest BCUT2D eigenvalue weighted by molar-refractivity contribution is 5.90. The third-order valence-corrected chi connectivity index (χ3v) is 3.32. The summed E-state index contributed by atoms with van der Waals surface area (Å²) in [5, 5.41) is 5.24. The first kappa shape index (κ1) is 14.7. The number of nitrogens with one attached hydrogen (secondary N) is 1. The molecule has 1 aromatic heterocycles. The van der Waals surface area contributed by atoms with E-state index in [0.717, 1.165) is 16.5 Å². The zero-order valence-electron chi connectivity index (χ0n) is 12.6. The highest BCUT2D eigenvalue weighted by Crippen LogP contribution is 2.14. The summed E-state index contributed by atoms with van der Waals surface area (Å²) in [5.74, 6) is 0.318. The molecule has 114 valence electrons. The number of hydrogen-bond acceptors (Lipinski definition) is 5. The largest absolute Gasteiger partial charge is 0.465 e. The molecule has 0 aliphatic carbocycles. The SMILES string of the molecule is COC(=O)c1ccc(C=NNc2ccc3ccccc3n2)cc1. The molecule has 3 rings (SSSR count). The van der Waals surface area contributed by atoms with E-state index in [1.165, 1.54) is 7.11 Å². The quantitative estimate of drug-likeness (QED) is 0.455. The molecule has 23 heavy (non-hydrogen) atoms. The molecule has 3 aromatic rings. The van der Waals surface area contributed by atoms with Gasteiger partial charge in [0.15, 0.2) is 0 Å². The van der Waals surface area contributed by atoms with Crippen LogP contribution in [0.25, 0.3) is 10.9 Å². The topological polar surface area (TPSA) is 63.6 Å². The molecule has 0 radical (unpaired) electrons. The Labute approximate surface area is 133 Å². The predicted molar refractivity (Wildman–Crippen MR) is 90.7 cm³/mol. The number of anilines is 1. The second-order valence-corrected chi connectivity index (χ2v) is 4.87. The second kappa shape index (κ2) is 6.70. The van der Waals surface area contributed by atoms with Gasteiger partial charge in [0, 0.05) is 5.39 Å². The number of rotatable bonds is 4. The van der Waals surface area contributed by atoms with Gasteiger partial charge in [-0.05, 0) is 35.9 Å². The van der Waals surface area contributed by atoms with E-state index in [-0.39, 0.29) is 5.97 Å². The van der Waals surface area contributed by atoms with Gasteiger partial charge in [-0.15, -0.1) is 0 Å². The van der Waals surface area contributed by atoms with Crippen LogP contribution in [0.4, 0.5) is 5.82 Å². The minimum Gasteiger partial charge on any atom is -0.465 e. The zero-order chi connectivity index (χ0) is 16.1. The van der Waals surface area contributed by atoms with Crippen molar-refractivity contribution >= 4 is 28.9 Å². The summed E-state index contributed by atoms with van der Waals surface area (Å²) in [7, 11) is 1.36. The number of ether oxygens (including phenoxy) is 1. The molecule has 0 unspecified atom stereocenters. The second-order valence-electron chi connectivity index (χ2n) is 4.87. The summed E-state index contributed by atoms with van der Waals surface area (Å²) in [6.45, 7) is 0. The van der Waals surface area contributed by atoms with Crippen LogP contribution in [0.2, 0.25) is 0 Å². The highest BCUT2D eigenvalue weighted by atomic mass is 16.5. The van der Waals surface area contributed by atoms with E-state index in [1.807, 2.05) is 36.4 Å². The number of esters is 1. The standard InChI is InChI=1S/C18H15N3O2/c1-23-18(22)15-8-6-13(7-9-15)12-19-21-17-11-10-14-4-2-3-5-16(14)20-17/h2-12H,1H3,(H,20,21). The van der Waals surface area contributed by atoms with Crippen LogP contribution in [0.5, 0.6) is 0 Å². The zero-order valence-corrected chi connectivity index (χ0v) is 12.6. The lowest BCUT2D eigenvalue weighted by Crippen LogP contribution is -2.00. The van der Waals surface area contributed by atoms with Gasteiger partial charge >= 0.3 is 5.97 Å². The van der Waals surface area contributed by atoms with Crippen LogP contribution in [0, 0.1) is 0 Å². The molecular weight excluding hydrogens is 290 g/mol. The van der Waals surface area contributed by atoms with E-state index >= 15 is 0 Å². The number of nitrogens with zero attached hydrogens (tertiary/aromatic N) is 2. The van der Waals surface area contributed by atoms with Crippen molar-refractivity contribution in [2.24, 2.45) is 5.10 Å². The van der Waals surface area contributed by atoms with Crippen LogP contribution in [-0.2, 0) is 4.74 Å². The van der Waals surface area contributed by atoms with Gasteiger partial charge in [-0.1, -0.05) is 30.3 Å². The average molecular weight is 305 g/mol. The molecule has 1 heterocycles. The summed E-state index contributed by atoms with van der Waals surface area (Å²) in [6.07, 6.45) is 1.66. The summed E-state index contributed by atoms with van der Waals surface area (Å²) < 4.78 is 4.66. The van der Waals surface area contributed by atoms with Crippen molar-refractivity contribution < 1.29 is 9.53 Å². The number of benzene rings is 2. The lowest BCUT2D eigenvalue weighted by atomic mass is 10.1. The van der Waals surface area contributed by atoms with E-state index in [0.29, 0.717) is 11.4 Å². The maximum atomic E-state index is 11.4. The van der Waals surface area contributed by atoms with Crippen molar-refractivity contribution in [1.82, 2.24) is 4.98 Å². The summed E-state index contributed by atoms with van der Waals surface area (Å²) in [6, 6.07) is 18.7. The Morgan fingerprint density at radius 2 is 1.87 bits per heavy atom. The Morgan fingerprint density at radius 1 is 1.09 bits per heavy atom. The number of aromatic nitrogens is 1. The van der Waals surface area contributed by atoms with E-state index in [2.05, 4.69) is 20.2 Å². The molecule has 0 aliphatic heterocycles. The van der Waals surface area contributed by atoms with E-state index in [4.69, 9.17) is 0 Å². The third kappa shape index (κ3) is 3.52. The lowest BCUT2D eigenvalue weighted by Gasteiger charge is -2.02. The van der Waals surface area contributed by atoms with Crippen LogP contribution in [0.15, 0.2) is 65.8 Å². The molecule has 0 amide bonds. The van der Waals surface area contributed by atoms with Crippen molar-refractivity contribution in [3.8, 4) is 0 Å². The summed E-state index contributed by atoms with van der Waals surface area (Å²) in [4.78, 5) is 15.8. The Bertz CT molecular complexity index is 858. The molecule has 0 atom stereocenters. The minimum atomic E-state index is -0.355. The van der Waals surface area contributed by atoms with Crippen molar-refractivity contribution in [2.45, 2.75) is 0 Å². The number of methoxy groups -OCH3 is 1. The normalized spacial score (nSPS) is 10.8. The molecule has 2 aromatic carbocycles. The third-order valence-electron chi connectivity index (χ3n) is 3.32. The van der Waals surface area contributed by atoms with Crippen molar-refractivity contribution in [1.29, 1.82) is 0 Å². The fourth-order valence-corrected chi connectivity index (χ4v) is 2.12. The van der Waals surface area contributed by atoms with Gasteiger partial charge in [0.05, 0.1) is 24.4 Å². The van der Waals surface area contributed by atoms with Gasteiger partial charge in [-0.2, -0.15) is 5.10 Å². The lowest BCUT2D eigenvalue weighted by molar-refractivity contribution is 0.0600. The maximum absolute atomic E-state index is 11.4. The molecule has 0 spiro atoms. The van der Waals surface area contributed by atoms with Gasteiger partial charge in [-0.3, -0.25) is 5.43 Å². The Morgan fingerprint density at radius 3 is 2.65 bits per heavy atom. The van der Waals surface area contributed by atoms with Gasteiger partial charge in [0.25, 0.3) is 0 Å². The van der Waals surface area contributed by atoms with Gasteiger partial charge < -0.3 is 4.74 Å². The molecule has 0 bridgehead atoms. The molecule has 0 fully saturated rings. The van der Waals surface area contributed by atoms with Gasteiger partial charge in [0.2, 0.25) is 0 Å². The summed E-state index contributed by atoms with van der Waals surface area (Å²) in [5.41, 5.74) is 5.19. The van der Waals surface area contributed by atoms with E-state index in [1.54, 1.807) is 30.5 Å². The number of carbonyl (C=O) groups excluding carboxylic acids is 1. The molecule has 5 heteroatoms. The number of hydrazone groups is 1. The van der Waals surface area contributed by atoms with E-state index in [9.17, 15) is 4.79 Å². The molecule has 5 nitrogen and oxygen atoms in total. The molecule has 0 aliphatic rings. The van der Waals surface area contributed by atoms with Crippen LogP contribution in [0.1, 0.15) is 15.9 Å². The Kier molecular flexibility index (Phi) is 4.29. The first-order valence-electron chi connectivity index (χ1n) is 7.09. The first-order chi connectivity index (χ1) is 11.3. The maximum Gasteiger partial charge on any atom is 0.337 e. The fraction of sp³-hybridized carbons (Fsp3) is 0.0556. The van der Waals surface area contributed by atoms with Gasteiger partial charge in [0.1, 0.15) is 5.82 Å². The highest BCUT2D eigenvalue weighted by Gasteiger charge is 2.03. The van der Waals surface area contributed by atoms with Crippen molar-refractivity contribution in [2.75, 3.05) is 12.5 Å². The number of pyridine rings is 1. The Balaban J connectivity index is 1.68. The monoisotopic (exact) mass is 305 g/mol.